The molecule has 1 aromatic heterocycles. The Labute approximate surface area is 216 Å². The van der Waals surface area contributed by atoms with Crippen molar-refractivity contribution in [2.75, 3.05) is 13.7 Å². The van der Waals surface area contributed by atoms with Crippen molar-refractivity contribution in [3.63, 3.8) is 0 Å². The normalized spacial score (nSPS) is 11.8. The number of benzene rings is 3. The topological polar surface area (TPSA) is 61.6 Å². The number of hydrogen-bond acceptors (Lipinski definition) is 6. The summed E-state index contributed by atoms with van der Waals surface area (Å²) in [6, 6.07) is 24.6. The number of carbonyl (C=O) groups excluding carboxylic acids is 1. The molecule has 0 bridgehead atoms. The molecule has 5 nitrogen and oxygen atoms in total. The zero-order chi connectivity index (χ0) is 25.5. The van der Waals surface area contributed by atoms with E-state index < -0.39 is 0 Å². The van der Waals surface area contributed by atoms with Crippen molar-refractivity contribution >= 4 is 17.7 Å². The van der Waals surface area contributed by atoms with Crippen molar-refractivity contribution in [3.8, 4) is 17.2 Å². The number of rotatable bonds is 10. The summed E-state index contributed by atoms with van der Waals surface area (Å²) in [6.07, 6.45) is 1.03. The molecule has 0 radical (unpaired) electrons. The minimum atomic E-state index is -0.201. The van der Waals surface area contributed by atoms with Crippen LogP contribution in [-0.4, -0.2) is 24.7 Å². The molecule has 4 rings (SSSR count). The van der Waals surface area contributed by atoms with Gasteiger partial charge in [-0.2, -0.15) is 0 Å². The van der Waals surface area contributed by atoms with Gasteiger partial charge in [0.05, 0.1) is 19.4 Å². The van der Waals surface area contributed by atoms with E-state index in [0.717, 1.165) is 33.9 Å². The number of hydrogen-bond donors (Lipinski definition) is 0. The second-order valence-corrected chi connectivity index (χ2v) is 9.92. The molecule has 0 saturated heterocycles. The molecule has 1 unspecified atom stereocenters. The zero-order valence-corrected chi connectivity index (χ0v) is 21.9. The zero-order valence-electron chi connectivity index (χ0n) is 21.1. The first-order valence-electron chi connectivity index (χ1n) is 12.0. The van der Waals surface area contributed by atoms with Crippen molar-refractivity contribution in [2.45, 2.75) is 49.3 Å². The Kier molecular flexibility index (Phi) is 8.49. The number of ether oxygens (including phenoxy) is 2. The lowest BCUT2D eigenvalue weighted by atomic mass is 10.0. The van der Waals surface area contributed by atoms with Gasteiger partial charge in [-0.05, 0) is 79.9 Å². The molecule has 3 aromatic carbocycles. The molecule has 0 aliphatic heterocycles. The van der Waals surface area contributed by atoms with Crippen LogP contribution in [0.5, 0.6) is 5.75 Å². The van der Waals surface area contributed by atoms with Gasteiger partial charge in [-0.25, -0.2) is 4.98 Å². The summed E-state index contributed by atoms with van der Waals surface area (Å²) in [7, 11) is 1.41. The highest BCUT2D eigenvalue weighted by Gasteiger charge is 2.18. The van der Waals surface area contributed by atoms with Crippen molar-refractivity contribution < 1.29 is 18.7 Å². The summed E-state index contributed by atoms with van der Waals surface area (Å²) >= 11 is 1.73. The Morgan fingerprint density at radius 3 is 2.42 bits per heavy atom. The molecule has 36 heavy (non-hydrogen) atoms. The first-order chi connectivity index (χ1) is 17.4. The molecule has 0 aliphatic rings. The molecule has 186 valence electrons. The van der Waals surface area contributed by atoms with Crippen molar-refractivity contribution in [1.82, 2.24) is 4.98 Å². The minimum Gasteiger partial charge on any atom is -0.493 e. The maximum atomic E-state index is 11.4. The lowest BCUT2D eigenvalue weighted by molar-refractivity contribution is -0.140. The van der Waals surface area contributed by atoms with Gasteiger partial charge >= 0.3 is 5.97 Å². The maximum absolute atomic E-state index is 11.4. The predicted molar refractivity (Wildman–Crippen MR) is 143 cm³/mol. The molecular weight excluding hydrogens is 470 g/mol. The standard InChI is InChI=1S/C30H31NO4S/c1-20-18-25(14-10-23(20)13-17-28(32)33-4)34-19-21(2)29-22(3)35-30(31-29)24-11-15-27(16-12-24)36-26-8-6-5-7-9-26/h5-12,14-16,18,21H,13,17,19H2,1-4H3. The van der Waals surface area contributed by atoms with E-state index in [1.807, 2.05) is 62.4 Å². The Morgan fingerprint density at radius 1 is 1.00 bits per heavy atom. The number of carbonyl (C=O) groups is 1. The van der Waals surface area contributed by atoms with E-state index >= 15 is 0 Å². The van der Waals surface area contributed by atoms with Crippen molar-refractivity contribution in [2.24, 2.45) is 0 Å². The van der Waals surface area contributed by atoms with Crippen LogP contribution < -0.4 is 4.74 Å². The van der Waals surface area contributed by atoms with E-state index in [9.17, 15) is 4.79 Å². The Balaban J connectivity index is 1.36. The van der Waals surface area contributed by atoms with Crippen LogP contribution in [-0.2, 0) is 16.0 Å². The van der Waals surface area contributed by atoms with E-state index in [1.165, 1.54) is 16.9 Å². The van der Waals surface area contributed by atoms with Gasteiger partial charge in [0.25, 0.3) is 0 Å². The average molecular weight is 502 g/mol. The highest BCUT2D eigenvalue weighted by molar-refractivity contribution is 7.99. The van der Waals surface area contributed by atoms with Crippen LogP contribution in [0, 0.1) is 13.8 Å². The third-order valence-electron chi connectivity index (χ3n) is 6.02. The van der Waals surface area contributed by atoms with Crippen LogP contribution in [0.15, 0.2) is 87.0 Å². The maximum Gasteiger partial charge on any atom is 0.305 e. The molecule has 0 spiro atoms. The van der Waals surface area contributed by atoms with Crippen LogP contribution in [0.2, 0.25) is 0 Å². The second kappa shape index (κ2) is 12.0. The van der Waals surface area contributed by atoms with Gasteiger partial charge in [-0.3, -0.25) is 4.79 Å². The molecule has 6 heteroatoms. The summed E-state index contributed by atoms with van der Waals surface area (Å²) in [5.74, 6) is 2.09. The van der Waals surface area contributed by atoms with Gasteiger partial charge < -0.3 is 13.9 Å². The van der Waals surface area contributed by atoms with E-state index in [2.05, 4.69) is 31.2 Å². The highest BCUT2D eigenvalue weighted by atomic mass is 32.2. The fourth-order valence-electron chi connectivity index (χ4n) is 3.96. The first kappa shape index (κ1) is 25.6. The summed E-state index contributed by atoms with van der Waals surface area (Å²) in [5, 5.41) is 0. The minimum absolute atomic E-state index is 0.0646. The molecule has 0 N–H and O–H groups in total. The molecule has 4 aromatic rings. The predicted octanol–water partition coefficient (Wildman–Crippen LogP) is 7.40. The quantitative estimate of drug-likeness (QED) is 0.211. The van der Waals surface area contributed by atoms with Gasteiger partial charge in [0.1, 0.15) is 11.5 Å². The fourth-order valence-corrected chi connectivity index (χ4v) is 4.79. The van der Waals surface area contributed by atoms with E-state index in [4.69, 9.17) is 18.9 Å². The Bertz CT molecular complexity index is 1300. The summed E-state index contributed by atoms with van der Waals surface area (Å²) in [4.78, 5) is 18.6. The number of oxazole rings is 1. The number of esters is 1. The third kappa shape index (κ3) is 6.58. The first-order valence-corrected chi connectivity index (χ1v) is 12.8. The number of aryl methyl sites for hydroxylation is 3. The van der Waals surface area contributed by atoms with Crippen LogP contribution in [0.1, 0.15) is 41.8 Å². The van der Waals surface area contributed by atoms with Gasteiger partial charge in [-0.15, -0.1) is 0 Å². The molecule has 0 amide bonds. The smallest absolute Gasteiger partial charge is 0.305 e. The molecular formula is C30H31NO4S. The SMILES string of the molecule is COC(=O)CCc1ccc(OCC(C)c2nc(-c3ccc(Sc4ccccc4)cc3)oc2C)cc1C. The molecule has 0 aliphatic carbocycles. The van der Waals surface area contributed by atoms with Gasteiger partial charge in [0, 0.05) is 27.7 Å². The largest absolute Gasteiger partial charge is 0.493 e. The third-order valence-corrected chi connectivity index (χ3v) is 7.04. The molecule has 1 heterocycles. The number of aromatic nitrogens is 1. The van der Waals surface area contributed by atoms with E-state index in [-0.39, 0.29) is 11.9 Å². The molecule has 0 saturated carbocycles. The van der Waals surface area contributed by atoms with Crippen LogP contribution in [0.4, 0.5) is 0 Å². The highest BCUT2D eigenvalue weighted by Crippen LogP contribution is 2.31. The van der Waals surface area contributed by atoms with E-state index in [1.54, 1.807) is 11.8 Å². The summed E-state index contributed by atoms with van der Waals surface area (Å²) in [5.41, 5.74) is 4.07. The van der Waals surface area contributed by atoms with Crippen LogP contribution in [0.25, 0.3) is 11.5 Å². The van der Waals surface area contributed by atoms with Gasteiger partial charge in [-0.1, -0.05) is 43.0 Å². The van der Waals surface area contributed by atoms with Crippen molar-refractivity contribution in [1.29, 1.82) is 0 Å². The van der Waals surface area contributed by atoms with Crippen molar-refractivity contribution in [3.05, 3.63) is 95.4 Å². The monoisotopic (exact) mass is 501 g/mol. The van der Waals surface area contributed by atoms with E-state index in [0.29, 0.717) is 25.3 Å². The second-order valence-electron chi connectivity index (χ2n) is 8.78. The molecule has 0 fully saturated rings. The number of methoxy groups -OCH3 is 1. The Morgan fingerprint density at radius 2 is 1.72 bits per heavy atom. The van der Waals surface area contributed by atoms with Crippen LogP contribution >= 0.6 is 11.8 Å². The summed E-state index contributed by atoms with van der Waals surface area (Å²) in [6.45, 7) is 6.55. The van der Waals surface area contributed by atoms with Gasteiger partial charge in [0.2, 0.25) is 5.89 Å². The Hall–Kier alpha value is -3.51. The van der Waals surface area contributed by atoms with Gasteiger partial charge in [0.15, 0.2) is 0 Å². The fraction of sp³-hybridized carbons (Fsp3) is 0.267. The lowest BCUT2D eigenvalue weighted by Crippen LogP contribution is -2.09. The lowest BCUT2D eigenvalue weighted by Gasteiger charge is -2.13. The molecule has 1 atom stereocenters. The summed E-state index contributed by atoms with van der Waals surface area (Å²) < 4.78 is 16.8. The van der Waals surface area contributed by atoms with Crippen LogP contribution in [0.3, 0.4) is 0 Å². The number of nitrogens with zero attached hydrogens (tertiary/aromatic N) is 1. The average Bonchev–Trinajstić information content (AvgIpc) is 3.29.